The van der Waals surface area contributed by atoms with E-state index < -0.39 is 6.10 Å². The van der Waals surface area contributed by atoms with Gasteiger partial charge < -0.3 is 19.1 Å². The van der Waals surface area contributed by atoms with Crippen LogP contribution in [0.1, 0.15) is 31.4 Å². The van der Waals surface area contributed by atoms with Crippen molar-refractivity contribution in [3.05, 3.63) is 58.1 Å². The third-order valence-corrected chi connectivity index (χ3v) is 6.40. The molecule has 178 valence electrons. The summed E-state index contributed by atoms with van der Waals surface area (Å²) < 4.78 is 18.5. The minimum Gasteiger partial charge on any atom is -0.490 e. The number of carbonyl (C=O) groups is 1. The summed E-state index contributed by atoms with van der Waals surface area (Å²) in [6.45, 7) is 9.54. The van der Waals surface area contributed by atoms with E-state index in [0.29, 0.717) is 45.4 Å². The largest absolute Gasteiger partial charge is 0.490 e. The molecular weight excluding hydrogens is 484 g/mol. The predicted octanol–water partition coefficient (Wildman–Crippen LogP) is 4.50. The molecule has 2 aliphatic rings. The molecule has 2 aliphatic heterocycles. The number of benzene rings is 2. The van der Waals surface area contributed by atoms with Crippen LogP contribution in [-0.4, -0.2) is 61.3 Å². The molecule has 4 rings (SSSR count). The second-order valence-corrected chi connectivity index (χ2v) is 10.0. The molecule has 0 bridgehead atoms. The van der Waals surface area contributed by atoms with Crippen LogP contribution in [0, 0.1) is 5.92 Å². The SMILES string of the molecule is CC(C)CN(Cc1cc(Br)c2c(c1)OCCCO2)C(=O)C1CN(Cc2ccccc2)CCO1. The Kier molecular flexibility index (Phi) is 8.28. The van der Waals surface area contributed by atoms with Crippen LogP contribution in [0.25, 0.3) is 0 Å². The van der Waals surface area contributed by atoms with Crippen molar-refractivity contribution < 1.29 is 19.0 Å². The smallest absolute Gasteiger partial charge is 0.253 e. The van der Waals surface area contributed by atoms with Gasteiger partial charge in [-0.15, -0.1) is 0 Å². The topological polar surface area (TPSA) is 51.2 Å². The van der Waals surface area contributed by atoms with Gasteiger partial charge in [0.2, 0.25) is 0 Å². The summed E-state index contributed by atoms with van der Waals surface area (Å²) in [6.07, 6.45) is 0.400. The summed E-state index contributed by atoms with van der Waals surface area (Å²) in [4.78, 5) is 17.8. The van der Waals surface area contributed by atoms with Crippen LogP contribution in [0.3, 0.4) is 0 Å². The van der Waals surface area contributed by atoms with Crippen LogP contribution in [0.2, 0.25) is 0 Å². The minimum absolute atomic E-state index is 0.0460. The van der Waals surface area contributed by atoms with Gasteiger partial charge in [-0.2, -0.15) is 0 Å². The molecule has 0 radical (unpaired) electrons. The fourth-order valence-corrected chi connectivity index (χ4v) is 4.91. The highest BCUT2D eigenvalue weighted by Gasteiger charge is 2.31. The maximum Gasteiger partial charge on any atom is 0.253 e. The van der Waals surface area contributed by atoms with Crippen molar-refractivity contribution in [2.45, 2.75) is 39.5 Å². The van der Waals surface area contributed by atoms with Crippen molar-refractivity contribution in [1.82, 2.24) is 9.80 Å². The van der Waals surface area contributed by atoms with Crippen molar-refractivity contribution in [1.29, 1.82) is 0 Å². The number of hydrogen-bond donors (Lipinski definition) is 0. The summed E-state index contributed by atoms with van der Waals surface area (Å²) in [5.41, 5.74) is 2.26. The van der Waals surface area contributed by atoms with Gasteiger partial charge in [-0.25, -0.2) is 0 Å². The zero-order chi connectivity index (χ0) is 23.2. The summed E-state index contributed by atoms with van der Waals surface area (Å²) in [7, 11) is 0. The number of rotatable bonds is 7. The molecule has 0 spiro atoms. The molecule has 2 aromatic carbocycles. The molecule has 0 aromatic heterocycles. The fourth-order valence-electron chi connectivity index (χ4n) is 4.31. The van der Waals surface area contributed by atoms with E-state index in [2.05, 4.69) is 58.9 Å². The third-order valence-electron chi connectivity index (χ3n) is 5.81. The normalized spacial score (nSPS) is 18.7. The molecule has 0 aliphatic carbocycles. The first-order valence-corrected chi connectivity index (χ1v) is 12.5. The van der Waals surface area contributed by atoms with Gasteiger partial charge in [-0.3, -0.25) is 9.69 Å². The van der Waals surface area contributed by atoms with Gasteiger partial charge in [0, 0.05) is 39.1 Å². The standard InChI is InChI=1S/C26H33BrN2O4/c1-19(2)15-29(17-21-13-22(27)25-23(14-21)31-10-6-11-33-25)26(30)24-18-28(9-12-32-24)16-20-7-4-3-5-8-20/h3-5,7-8,13-14,19,24H,6,9-12,15-18H2,1-2H3. The molecule has 7 heteroatoms. The van der Waals surface area contributed by atoms with Gasteiger partial charge in [0.15, 0.2) is 11.5 Å². The van der Waals surface area contributed by atoms with Crippen molar-refractivity contribution in [3.8, 4) is 11.5 Å². The van der Waals surface area contributed by atoms with Gasteiger partial charge >= 0.3 is 0 Å². The Labute approximate surface area is 204 Å². The molecule has 6 nitrogen and oxygen atoms in total. The van der Waals surface area contributed by atoms with E-state index in [-0.39, 0.29) is 5.91 Å². The van der Waals surface area contributed by atoms with Crippen LogP contribution in [0.15, 0.2) is 46.9 Å². The highest BCUT2D eigenvalue weighted by atomic mass is 79.9. The van der Waals surface area contributed by atoms with E-state index in [4.69, 9.17) is 14.2 Å². The first-order valence-electron chi connectivity index (χ1n) is 11.7. The first-order chi connectivity index (χ1) is 16.0. The van der Waals surface area contributed by atoms with Crippen LogP contribution in [0.4, 0.5) is 0 Å². The Morgan fingerprint density at radius 1 is 1.12 bits per heavy atom. The Bertz CT molecular complexity index is 937. The summed E-state index contributed by atoms with van der Waals surface area (Å²) >= 11 is 3.62. The third kappa shape index (κ3) is 6.49. The quantitative estimate of drug-likeness (QED) is 0.542. The summed E-state index contributed by atoms with van der Waals surface area (Å²) in [5.74, 6) is 1.87. The molecule has 1 amide bonds. The summed E-state index contributed by atoms with van der Waals surface area (Å²) in [5, 5.41) is 0. The zero-order valence-electron chi connectivity index (χ0n) is 19.5. The van der Waals surface area contributed by atoms with Crippen molar-refractivity contribution in [3.63, 3.8) is 0 Å². The lowest BCUT2D eigenvalue weighted by atomic mass is 10.1. The van der Waals surface area contributed by atoms with Crippen LogP contribution in [-0.2, 0) is 22.6 Å². The Balaban J connectivity index is 1.47. The molecule has 2 heterocycles. The highest BCUT2D eigenvalue weighted by Crippen LogP contribution is 2.38. The van der Waals surface area contributed by atoms with Crippen LogP contribution < -0.4 is 9.47 Å². The maximum atomic E-state index is 13.6. The molecule has 1 unspecified atom stereocenters. The molecule has 2 aromatic rings. The highest BCUT2D eigenvalue weighted by molar-refractivity contribution is 9.10. The molecular formula is C26H33BrN2O4. The van der Waals surface area contributed by atoms with Gasteiger partial charge in [0.05, 0.1) is 24.3 Å². The molecule has 0 saturated carbocycles. The second-order valence-electron chi connectivity index (χ2n) is 9.15. The van der Waals surface area contributed by atoms with Crippen molar-refractivity contribution >= 4 is 21.8 Å². The van der Waals surface area contributed by atoms with Crippen molar-refractivity contribution in [2.75, 3.05) is 39.5 Å². The van der Waals surface area contributed by atoms with Gasteiger partial charge in [-0.05, 0) is 45.1 Å². The lowest BCUT2D eigenvalue weighted by molar-refractivity contribution is -0.151. The molecule has 33 heavy (non-hydrogen) atoms. The fraction of sp³-hybridized carbons (Fsp3) is 0.500. The van der Waals surface area contributed by atoms with E-state index in [9.17, 15) is 4.79 Å². The number of morpholine rings is 1. The monoisotopic (exact) mass is 516 g/mol. The number of fused-ring (bicyclic) bond motifs is 1. The number of ether oxygens (including phenoxy) is 3. The Hall–Kier alpha value is -2.09. The van der Waals surface area contributed by atoms with Crippen LogP contribution >= 0.6 is 15.9 Å². The number of hydrogen-bond acceptors (Lipinski definition) is 5. The number of halogens is 1. The molecule has 1 fully saturated rings. The van der Waals surface area contributed by atoms with E-state index in [1.807, 2.05) is 23.1 Å². The van der Waals surface area contributed by atoms with Crippen molar-refractivity contribution in [2.24, 2.45) is 5.92 Å². The Morgan fingerprint density at radius 2 is 1.91 bits per heavy atom. The average Bonchev–Trinajstić information content (AvgIpc) is 3.05. The second kappa shape index (κ2) is 11.4. The zero-order valence-corrected chi connectivity index (χ0v) is 21.1. The van der Waals surface area contributed by atoms with Gasteiger partial charge in [0.25, 0.3) is 5.91 Å². The van der Waals surface area contributed by atoms with E-state index in [1.165, 1.54) is 5.56 Å². The van der Waals surface area contributed by atoms with E-state index in [1.54, 1.807) is 0 Å². The summed E-state index contributed by atoms with van der Waals surface area (Å²) in [6, 6.07) is 14.4. The predicted molar refractivity (Wildman–Crippen MR) is 131 cm³/mol. The van der Waals surface area contributed by atoms with E-state index >= 15 is 0 Å². The number of carbonyl (C=O) groups excluding carboxylic acids is 1. The lowest BCUT2D eigenvalue weighted by Crippen LogP contribution is -2.51. The average molecular weight is 517 g/mol. The Morgan fingerprint density at radius 3 is 2.70 bits per heavy atom. The maximum absolute atomic E-state index is 13.6. The first kappa shape index (κ1) is 24.0. The number of amides is 1. The van der Waals surface area contributed by atoms with E-state index in [0.717, 1.165) is 41.0 Å². The molecule has 1 saturated heterocycles. The molecule has 1 atom stereocenters. The lowest BCUT2D eigenvalue weighted by Gasteiger charge is -2.35. The van der Waals surface area contributed by atoms with Gasteiger partial charge in [-0.1, -0.05) is 44.2 Å². The minimum atomic E-state index is -0.454. The number of nitrogens with zero attached hydrogens (tertiary/aromatic N) is 2. The molecule has 0 N–H and O–H groups in total. The van der Waals surface area contributed by atoms with Gasteiger partial charge in [0.1, 0.15) is 6.10 Å². The van der Waals surface area contributed by atoms with Crippen LogP contribution in [0.5, 0.6) is 11.5 Å².